The molecule has 0 saturated heterocycles. The van der Waals surface area contributed by atoms with Gasteiger partial charge in [0.2, 0.25) is 5.91 Å². The molecule has 0 aromatic carbocycles. The highest BCUT2D eigenvalue weighted by atomic mass is 35.5. The number of amides is 1. The van der Waals surface area contributed by atoms with Crippen LogP contribution < -0.4 is 11.1 Å². The Balaban J connectivity index is 0.00000264. The molecule has 1 fully saturated rings. The molecule has 132 valence electrons. The van der Waals surface area contributed by atoms with E-state index in [1.165, 1.54) is 12.8 Å². The first-order valence-electron chi connectivity index (χ1n) is 8.30. The zero-order valence-electron chi connectivity index (χ0n) is 15.0. The van der Waals surface area contributed by atoms with Crippen LogP contribution in [0.2, 0.25) is 0 Å². The maximum absolute atomic E-state index is 12.5. The largest absolute Gasteiger partial charge is 0.349 e. The molecule has 1 saturated carbocycles. The Hall–Kier alpha value is -1.07. The van der Waals surface area contributed by atoms with Crippen molar-refractivity contribution in [3.8, 4) is 0 Å². The van der Waals surface area contributed by atoms with Gasteiger partial charge in [0.05, 0.1) is 17.7 Å². The molecular weight excluding hydrogens is 312 g/mol. The molecular formula is C17H31ClN4O. The van der Waals surface area contributed by atoms with Crippen molar-refractivity contribution in [3.63, 3.8) is 0 Å². The Labute approximate surface area is 145 Å². The van der Waals surface area contributed by atoms with Gasteiger partial charge < -0.3 is 11.1 Å². The maximum atomic E-state index is 12.5. The van der Waals surface area contributed by atoms with Crippen LogP contribution in [0.1, 0.15) is 50.6 Å². The third kappa shape index (κ3) is 4.70. The van der Waals surface area contributed by atoms with Gasteiger partial charge in [0.25, 0.3) is 0 Å². The number of carbonyl (C=O) groups excluding carboxylic acids is 1. The van der Waals surface area contributed by atoms with E-state index in [0.29, 0.717) is 24.8 Å². The van der Waals surface area contributed by atoms with E-state index < -0.39 is 0 Å². The molecule has 0 aliphatic heterocycles. The summed E-state index contributed by atoms with van der Waals surface area (Å²) < 4.78 is 2.02. The van der Waals surface area contributed by atoms with Gasteiger partial charge in [0.15, 0.2) is 0 Å². The summed E-state index contributed by atoms with van der Waals surface area (Å²) in [6.45, 7) is 11.8. The molecule has 1 unspecified atom stereocenters. The highest BCUT2D eigenvalue weighted by Gasteiger charge is 2.41. The zero-order chi connectivity index (χ0) is 16.5. The molecule has 0 radical (unpaired) electrons. The lowest BCUT2D eigenvalue weighted by molar-refractivity contribution is -0.122. The van der Waals surface area contributed by atoms with E-state index in [4.69, 9.17) is 5.73 Å². The first kappa shape index (κ1) is 20.0. The standard InChI is InChI=1S/C17H30N4O.ClH/c1-11(2)9-21-13(4)15(12(3)20-21)8-16(22)19-17(5,10-18)14-6-7-14;/h11,14H,6-10,18H2,1-5H3,(H,19,22);1H. The van der Waals surface area contributed by atoms with Crippen LogP contribution in [0.4, 0.5) is 0 Å². The van der Waals surface area contributed by atoms with E-state index in [0.717, 1.165) is 23.5 Å². The van der Waals surface area contributed by atoms with Crippen molar-refractivity contribution < 1.29 is 4.79 Å². The summed E-state index contributed by atoms with van der Waals surface area (Å²) in [4.78, 5) is 12.5. The van der Waals surface area contributed by atoms with Crippen LogP contribution >= 0.6 is 12.4 Å². The van der Waals surface area contributed by atoms with Crippen LogP contribution in [0.5, 0.6) is 0 Å². The Morgan fingerprint density at radius 1 is 1.43 bits per heavy atom. The van der Waals surface area contributed by atoms with E-state index in [1.54, 1.807) is 0 Å². The van der Waals surface area contributed by atoms with Gasteiger partial charge in [-0.05, 0) is 45.4 Å². The van der Waals surface area contributed by atoms with E-state index in [9.17, 15) is 4.79 Å². The summed E-state index contributed by atoms with van der Waals surface area (Å²) in [5, 5.41) is 7.74. The predicted molar refractivity (Wildman–Crippen MR) is 95.8 cm³/mol. The van der Waals surface area contributed by atoms with Crippen molar-refractivity contribution in [1.29, 1.82) is 0 Å². The average molecular weight is 343 g/mol. The first-order valence-corrected chi connectivity index (χ1v) is 8.30. The van der Waals surface area contributed by atoms with Crippen molar-refractivity contribution in [1.82, 2.24) is 15.1 Å². The minimum atomic E-state index is -0.257. The second kappa shape index (κ2) is 7.67. The number of rotatable bonds is 7. The van der Waals surface area contributed by atoms with Crippen LogP contribution in [0, 0.1) is 25.7 Å². The minimum Gasteiger partial charge on any atom is -0.349 e. The first-order chi connectivity index (χ1) is 10.3. The zero-order valence-corrected chi connectivity index (χ0v) is 15.8. The topological polar surface area (TPSA) is 72.9 Å². The molecule has 0 spiro atoms. The fraction of sp³-hybridized carbons (Fsp3) is 0.765. The molecule has 1 aromatic heterocycles. The van der Waals surface area contributed by atoms with Crippen molar-refractivity contribution in [2.24, 2.45) is 17.6 Å². The molecule has 3 N–H and O–H groups in total. The molecule has 1 aromatic rings. The Morgan fingerprint density at radius 3 is 2.52 bits per heavy atom. The highest BCUT2D eigenvalue weighted by molar-refractivity contribution is 5.85. The summed E-state index contributed by atoms with van der Waals surface area (Å²) >= 11 is 0. The highest BCUT2D eigenvalue weighted by Crippen LogP contribution is 2.39. The van der Waals surface area contributed by atoms with Gasteiger partial charge in [0.1, 0.15) is 0 Å². The smallest absolute Gasteiger partial charge is 0.225 e. The Kier molecular flexibility index (Phi) is 6.66. The van der Waals surface area contributed by atoms with Crippen molar-refractivity contribution in [2.75, 3.05) is 6.54 Å². The number of aryl methyl sites for hydroxylation is 1. The van der Waals surface area contributed by atoms with Gasteiger partial charge in [-0.25, -0.2) is 0 Å². The molecule has 23 heavy (non-hydrogen) atoms. The van der Waals surface area contributed by atoms with Gasteiger partial charge in [0, 0.05) is 24.3 Å². The summed E-state index contributed by atoms with van der Waals surface area (Å²) in [6, 6.07) is 0. The molecule has 6 heteroatoms. The second-order valence-corrected chi connectivity index (χ2v) is 7.35. The van der Waals surface area contributed by atoms with Gasteiger partial charge in [-0.15, -0.1) is 12.4 Å². The van der Waals surface area contributed by atoms with E-state index in [-0.39, 0.29) is 23.9 Å². The number of aromatic nitrogens is 2. The van der Waals surface area contributed by atoms with Gasteiger partial charge in [-0.3, -0.25) is 9.48 Å². The van der Waals surface area contributed by atoms with Crippen LogP contribution in [0.15, 0.2) is 0 Å². The lowest BCUT2D eigenvalue weighted by Crippen LogP contribution is -2.53. The number of nitrogens with zero attached hydrogens (tertiary/aromatic N) is 2. The van der Waals surface area contributed by atoms with E-state index >= 15 is 0 Å². The maximum Gasteiger partial charge on any atom is 0.225 e. The molecule has 1 amide bonds. The molecule has 2 rings (SSSR count). The Bertz CT molecular complexity index is 551. The van der Waals surface area contributed by atoms with E-state index in [1.807, 2.05) is 18.5 Å². The quantitative estimate of drug-likeness (QED) is 0.799. The van der Waals surface area contributed by atoms with Crippen LogP contribution in [-0.4, -0.2) is 27.8 Å². The van der Waals surface area contributed by atoms with Crippen molar-refractivity contribution >= 4 is 18.3 Å². The third-order valence-corrected chi connectivity index (χ3v) is 4.73. The van der Waals surface area contributed by atoms with Gasteiger partial charge in [-0.1, -0.05) is 13.8 Å². The van der Waals surface area contributed by atoms with E-state index in [2.05, 4.69) is 31.2 Å². The SMILES string of the molecule is Cc1nn(CC(C)C)c(C)c1CC(=O)NC(C)(CN)C1CC1.Cl. The summed E-state index contributed by atoms with van der Waals surface area (Å²) in [7, 11) is 0. The number of hydrogen-bond donors (Lipinski definition) is 2. The number of nitrogens with one attached hydrogen (secondary N) is 1. The van der Waals surface area contributed by atoms with Crippen molar-refractivity contribution in [2.45, 2.75) is 66.0 Å². The van der Waals surface area contributed by atoms with Gasteiger partial charge >= 0.3 is 0 Å². The van der Waals surface area contributed by atoms with Crippen LogP contribution in [0.25, 0.3) is 0 Å². The number of hydrogen-bond acceptors (Lipinski definition) is 3. The monoisotopic (exact) mass is 342 g/mol. The second-order valence-electron chi connectivity index (χ2n) is 7.35. The normalized spacial score (nSPS) is 16.8. The lowest BCUT2D eigenvalue weighted by atomic mass is 9.95. The van der Waals surface area contributed by atoms with Crippen LogP contribution in [-0.2, 0) is 17.8 Å². The Morgan fingerprint density at radius 2 is 2.04 bits per heavy atom. The van der Waals surface area contributed by atoms with Crippen molar-refractivity contribution in [3.05, 3.63) is 17.0 Å². The number of carbonyl (C=O) groups is 1. The fourth-order valence-electron chi connectivity index (χ4n) is 3.08. The fourth-order valence-corrected chi connectivity index (χ4v) is 3.08. The molecule has 5 nitrogen and oxygen atoms in total. The lowest BCUT2D eigenvalue weighted by Gasteiger charge is -2.29. The number of nitrogens with two attached hydrogens (primary N) is 1. The third-order valence-electron chi connectivity index (χ3n) is 4.73. The molecule has 1 heterocycles. The molecule has 1 aliphatic rings. The minimum absolute atomic E-state index is 0. The summed E-state index contributed by atoms with van der Waals surface area (Å²) in [5.74, 6) is 1.12. The van der Waals surface area contributed by atoms with Crippen LogP contribution in [0.3, 0.4) is 0 Å². The molecule has 0 bridgehead atoms. The predicted octanol–water partition coefficient (Wildman–Crippen LogP) is 2.36. The molecule has 1 aliphatic carbocycles. The van der Waals surface area contributed by atoms with Gasteiger partial charge in [-0.2, -0.15) is 5.10 Å². The molecule has 1 atom stereocenters. The summed E-state index contributed by atoms with van der Waals surface area (Å²) in [6.07, 6.45) is 2.72. The summed E-state index contributed by atoms with van der Waals surface area (Å²) in [5.41, 5.74) is 8.72. The number of halogens is 1. The average Bonchev–Trinajstić information content (AvgIpc) is 3.24.